The highest BCUT2D eigenvalue weighted by Gasteiger charge is 2.69. The van der Waals surface area contributed by atoms with Gasteiger partial charge < -0.3 is 9.84 Å². The maximum absolute atomic E-state index is 13.7. The summed E-state index contributed by atoms with van der Waals surface area (Å²) in [4.78, 5) is 12.5. The van der Waals surface area contributed by atoms with Crippen LogP contribution in [0.2, 0.25) is 5.02 Å². The molecule has 148 valence electrons. The van der Waals surface area contributed by atoms with Gasteiger partial charge in [0.25, 0.3) is 11.6 Å². The number of carbonyl (C=O) groups is 1. The molecule has 1 amide bonds. The molecule has 0 bridgehead atoms. The molecule has 1 aromatic carbocycles. The van der Waals surface area contributed by atoms with E-state index in [4.69, 9.17) is 16.3 Å². The van der Waals surface area contributed by atoms with Crippen molar-refractivity contribution in [1.82, 2.24) is 5.01 Å². The largest absolute Gasteiger partial charge is 0.484 e. The number of halogens is 4. The summed E-state index contributed by atoms with van der Waals surface area (Å²) in [5, 5.41) is 15.1. The molecule has 27 heavy (non-hydrogen) atoms. The molecule has 0 spiro atoms. The molecule has 3 rings (SSSR count). The number of alkyl halides is 3. The maximum Gasteiger partial charge on any atom is 0.439 e. The molecule has 1 aliphatic heterocycles. The first-order valence-electron chi connectivity index (χ1n) is 8.65. The lowest BCUT2D eigenvalue weighted by atomic mass is 9.75. The SMILES string of the molecule is Cc1cc(OCC(=O)N2N=C3[C@H](C)CCC[C@H]3[C@]2(O)C(F)(F)F)ccc1Cl. The van der Waals surface area contributed by atoms with Gasteiger partial charge in [-0.25, -0.2) is 0 Å². The van der Waals surface area contributed by atoms with Crippen LogP contribution in [0.4, 0.5) is 13.2 Å². The normalized spacial score (nSPS) is 28.0. The second-order valence-electron chi connectivity index (χ2n) is 7.04. The van der Waals surface area contributed by atoms with Crippen LogP contribution in [0, 0.1) is 18.8 Å². The maximum atomic E-state index is 13.7. The average Bonchev–Trinajstić information content (AvgIpc) is 2.91. The quantitative estimate of drug-likeness (QED) is 0.830. The molecule has 1 heterocycles. The number of carbonyl (C=O) groups excluding carboxylic acids is 1. The van der Waals surface area contributed by atoms with Gasteiger partial charge in [-0.2, -0.15) is 23.3 Å². The van der Waals surface area contributed by atoms with E-state index in [1.54, 1.807) is 26.0 Å². The van der Waals surface area contributed by atoms with Crippen LogP contribution in [-0.4, -0.2) is 40.2 Å². The number of ether oxygens (including phenoxy) is 1. The van der Waals surface area contributed by atoms with E-state index in [1.807, 2.05) is 0 Å². The van der Waals surface area contributed by atoms with Crippen LogP contribution in [0.25, 0.3) is 0 Å². The van der Waals surface area contributed by atoms with E-state index < -0.39 is 30.3 Å². The second kappa shape index (κ2) is 6.98. The molecule has 0 unspecified atom stereocenters. The molecule has 2 aliphatic rings. The van der Waals surface area contributed by atoms with E-state index >= 15 is 0 Å². The molecule has 3 atom stereocenters. The minimum Gasteiger partial charge on any atom is -0.484 e. The van der Waals surface area contributed by atoms with E-state index in [1.165, 1.54) is 6.07 Å². The second-order valence-corrected chi connectivity index (χ2v) is 7.45. The van der Waals surface area contributed by atoms with Crippen LogP contribution in [0.1, 0.15) is 31.7 Å². The molecule has 0 radical (unpaired) electrons. The Morgan fingerprint density at radius 1 is 1.44 bits per heavy atom. The Balaban J connectivity index is 1.83. The summed E-state index contributed by atoms with van der Waals surface area (Å²) in [6.45, 7) is 2.80. The fraction of sp³-hybridized carbons (Fsp3) is 0.556. The highest BCUT2D eigenvalue weighted by atomic mass is 35.5. The molecule has 1 N–H and O–H groups in total. The first-order chi connectivity index (χ1) is 12.6. The fourth-order valence-electron chi connectivity index (χ4n) is 3.66. The molecule has 0 saturated heterocycles. The molecule has 1 aromatic rings. The molecule has 9 heteroatoms. The molecule has 1 saturated carbocycles. The van der Waals surface area contributed by atoms with Crippen molar-refractivity contribution in [3.63, 3.8) is 0 Å². The number of hydrogen-bond acceptors (Lipinski definition) is 4. The average molecular weight is 405 g/mol. The Kier molecular flexibility index (Phi) is 5.16. The molecular weight excluding hydrogens is 385 g/mol. The molecule has 1 aliphatic carbocycles. The third kappa shape index (κ3) is 3.40. The zero-order valence-corrected chi connectivity index (χ0v) is 15.6. The predicted molar refractivity (Wildman–Crippen MR) is 93.5 cm³/mol. The van der Waals surface area contributed by atoms with E-state index in [-0.39, 0.29) is 23.1 Å². The van der Waals surface area contributed by atoms with Crippen molar-refractivity contribution in [1.29, 1.82) is 0 Å². The number of aryl methyl sites for hydroxylation is 1. The smallest absolute Gasteiger partial charge is 0.439 e. The molecule has 1 fully saturated rings. The summed E-state index contributed by atoms with van der Waals surface area (Å²) in [7, 11) is 0. The van der Waals surface area contributed by atoms with Crippen molar-refractivity contribution in [3.05, 3.63) is 28.8 Å². The lowest BCUT2D eigenvalue weighted by Crippen LogP contribution is -2.62. The lowest BCUT2D eigenvalue weighted by Gasteiger charge is -2.38. The number of aliphatic hydroxyl groups is 1. The van der Waals surface area contributed by atoms with Crippen LogP contribution in [0.3, 0.4) is 0 Å². The Morgan fingerprint density at radius 2 is 2.15 bits per heavy atom. The van der Waals surface area contributed by atoms with Gasteiger partial charge in [0.15, 0.2) is 6.61 Å². The van der Waals surface area contributed by atoms with Gasteiger partial charge in [-0.15, -0.1) is 0 Å². The van der Waals surface area contributed by atoms with Crippen LogP contribution in [0.5, 0.6) is 5.75 Å². The van der Waals surface area contributed by atoms with Crippen molar-refractivity contribution < 1.29 is 27.8 Å². The fourth-order valence-corrected chi connectivity index (χ4v) is 3.78. The van der Waals surface area contributed by atoms with Crippen LogP contribution in [-0.2, 0) is 4.79 Å². The van der Waals surface area contributed by atoms with E-state index in [0.717, 1.165) is 0 Å². The van der Waals surface area contributed by atoms with E-state index in [2.05, 4.69) is 5.10 Å². The van der Waals surface area contributed by atoms with Gasteiger partial charge in [0, 0.05) is 10.7 Å². The zero-order chi connectivity index (χ0) is 20.0. The summed E-state index contributed by atoms with van der Waals surface area (Å²) in [6.07, 6.45) is -3.70. The summed E-state index contributed by atoms with van der Waals surface area (Å²) in [5.74, 6) is -2.24. The summed E-state index contributed by atoms with van der Waals surface area (Å²) in [6, 6.07) is 4.65. The van der Waals surface area contributed by atoms with Crippen LogP contribution < -0.4 is 4.74 Å². The highest BCUT2D eigenvalue weighted by molar-refractivity contribution is 6.31. The number of fused-ring (bicyclic) bond motifs is 1. The first kappa shape index (κ1) is 19.9. The van der Waals surface area contributed by atoms with Gasteiger partial charge in [-0.05, 0) is 49.4 Å². The molecular formula is C18H20ClF3N2O3. The number of amides is 1. The molecule has 5 nitrogen and oxygen atoms in total. The standard InChI is InChI=1S/C18H20ClF3N2O3/c1-10-4-3-5-13-16(10)23-24(17(13,26)18(20,21)22)15(25)9-27-12-6-7-14(19)11(2)8-12/h6-8,10,13,26H,3-5,9H2,1-2H3/t10-,13-,17+/m1/s1. The van der Waals surface area contributed by atoms with Crippen molar-refractivity contribution in [2.75, 3.05) is 6.61 Å². The number of nitrogens with zero attached hydrogens (tertiary/aromatic N) is 2. The van der Waals surface area contributed by atoms with Gasteiger partial charge in [-0.3, -0.25) is 4.79 Å². The van der Waals surface area contributed by atoms with E-state index in [9.17, 15) is 23.1 Å². The first-order valence-corrected chi connectivity index (χ1v) is 9.03. The number of hydrogen-bond donors (Lipinski definition) is 1. The third-order valence-corrected chi connectivity index (χ3v) is 5.59. The van der Waals surface area contributed by atoms with Gasteiger partial charge >= 0.3 is 6.18 Å². The minimum atomic E-state index is -5.04. The minimum absolute atomic E-state index is 0.125. The van der Waals surface area contributed by atoms with Crippen molar-refractivity contribution in [2.45, 2.75) is 45.0 Å². The third-order valence-electron chi connectivity index (χ3n) is 5.16. The van der Waals surface area contributed by atoms with Crippen LogP contribution >= 0.6 is 11.6 Å². The van der Waals surface area contributed by atoms with Crippen molar-refractivity contribution in [3.8, 4) is 5.75 Å². The lowest BCUT2D eigenvalue weighted by molar-refractivity contribution is -0.317. The van der Waals surface area contributed by atoms with Gasteiger partial charge in [0.1, 0.15) is 5.75 Å². The van der Waals surface area contributed by atoms with Gasteiger partial charge in [0.2, 0.25) is 0 Å². The van der Waals surface area contributed by atoms with Crippen LogP contribution in [0.15, 0.2) is 23.3 Å². The highest BCUT2D eigenvalue weighted by Crippen LogP contribution is 2.49. The summed E-state index contributed by atoms with van der Waals surface area (Å²) in [5.41, 5.74) is -2.42. The monoisotopic (exact) mass is 404 g/mol. The Labute approximate surface area is 159 Å². The Bertz CT molecular complexity index is 784. The Morgan fingerprint density at radius 3 is 2.78 bits per heavy atom. The summed E-state index contributed by atoms with van der Waals surface area (Å²) < 4.78 is 46.5. The van der Waals surface area contributed by atoms with Crippen molar-refractivity contribution >= 4 is 23.2 Å². The number of benzene rings is 1. The summed E-state index contributed by atoms with van der Waals surface area (Å²) >= 11 is 5.91. The predicted octanol–water partition coefficient (Wildman–Crippen LogP) is 3.91. The van der Waals surface area contributed by atoms with E-state index in [0.29, 0.717) is 29.2 Å². The Hall–Kier alpha value is -1.80. The zero-order valence-electron chi connectivity index (χ0n) is 14.9. The van der Waals surface area contributed by atoms with Gasteiger partial charge in [0.05, 0.1) is 5.92 Å². The van der Waals surface area contributed by atoms with Gasteiger partial charge in [-0.1, -0.05) is 24.9 Å². The molecule has 0 aromatic heterocycles. The number of hydrazone groups is 1. The van der Waals surface area contributed by atoms with Crippen molar-refractivity contribution in [2.24, 2.45) is 16.9 Å². The number of rotatable bonds is 3. The topological polar surface area (TPSA) is 62.1 Å².